The Labute approximate surface area is 147 Å². The van der Waals surface area contributed by atoms with Crippen LogP contribution in [-0.2, 0) is 13.0 Å². The number of nitrogens with zero attached hydrogens (tertiary/aromatic N) is 4. The van der Waals surface area contributed by atoms with Crippen LogP contribution in [0.2, 0.25) is 0 Å². The summed E-state index contributed by atoms with van der Waals surface area (Å²) in [5.74, 6) is 2.79. The van der Waals surface area contributed by atoms with E-state index in [-0.39, 0.29) is 18.1 Å². The number of furan rings is 1. The van der Waals surface area contributed by atoms with Crippen LogP contribution < -0.4 is 5.32 Å². The second-order valence-corrected chi connectivity index (χ2v) is 6.97. The second kappa shape index (κ2) is 6.90. The van der Waals surface area contributed by atoms with E-state index in [0.29, 0.717) is 0 Å². The number of amides is 2. The summed E-state index contributed by atoms with van der Waals surface area (Å²) in [5, 5.41) is 11.9. The fourth-order valence-corrected chi connectivity index (χ4v) is 3.90. The molecule has 4 rings (SSSR count). The molecule has 1 fully saturated rings. The van der Waals surface area contributed by atoms with E-state index in [2.05, 4.69) is 20.1 Å². The van der Waals surface area contributed by atoms with Crippen molar-refractivity contribution in [2.24, 2.45) is 0 Å². The molecule has 2 atom stereocenters. The zero-order valence-electron chi connectivity index (χ0n) is 14.6. The smallest absolute Gasteiger partial charge is 0.318 e. The van der Waals surface area contributed by atoms with Gasteiger partial charge < -0.3 is 19.2 Å². The summed E-state index contributed by atoms with van der Waals surface area (Å²) in [5.41, 5.74) is 0. The summed E-state index contributed by atoms with van der Waals surface area (Å²) in [6.45, 7) is 3.66. The van der Waals surface area contributed by atoms with Crippen molar-refractivity contribution in [2.45, 2.75) is 64.1 Å². The highest BCUT2D eigenvalue weighted by atomic mass is 16.3. The van der Waals surface area contributed by atoms with E-state index in [4.69, 9.17) is 4.42 Å². The molecule has 0 saturated carbocycles. The first kappa shape index (κ1) is 16.2. The number of likely N-dealkylation sites (tertiary alicyclic amines) is 1. The Bertz CT molecular complexity index is 724. The van der Waals surface area contributed by atoms with E-state index in [1.54, 1.807) is 6.26 Å². The van der Waals surface area contributed by atoms with Crippen molar-refractivity contribution in [3.05, 3.63) is 35.8 Å². The van der Waals surface area contributed by atoms with Crippen molar-refractivity contribution in [1.82, 2.24) is 25.0 Å². The maximum Gasteiger partial charge on any atom is 0.318 e. The van der Waals surface area contributed by atoms with Crippen LogP contribution in [0.5, 0.6) is 0 Å². The van der Waals surface area contributed by atoms with Gasteiger partial charge in [0.25, 0.3) is 0 Å². The van der Waals surface area contributed by atoms with Gasteiger partial charge in [0.2, 0.25) is 0 Å². The lowest BCUT2D eigenvalue weighted by atomic mass is 10.0. The SMILES string of the molecule is CC(NC(=O)N1CCCCC1c1nnc2n1CCCC2)c1ccco1. The highest BCUT2D eigenvalue weighted by Crippen LogP contribution is 2.32. The predicted molar refractivity (Wildman–Crippen MR) is 91.9 cm³/mol. The Balaban J connectivity index is 1.53. The molecule has 4 heterocycles. The lowest BCUT2D eigenvalue weighted by Crippen LogP contribution is -2.46. The number of piperidine rings is 1. The molecule has 2 aromatic heterocycles. The average Bonchev–Trinajstić information content (AvgIpc) is 3.31. The topological polar surface area (TPSA) is 76.2 Å². The number of aromatic nitrogens is 3. The van der Waals surface area contributed by atoms with Gasteiger partial charge in [0.1, 0.15) is 11.6 Å². The van der Waals surface area contributed by atoms with Crippen LogP contribution in [0.1, 0.15) is 68.5 Å². The third-order valence-electron chi connectivity index (χ3n) is 5.26. The number of hydrogen-bond donors (Lipinski definition) is 1. The number of aryl methyl sites for hydroxylation is 1. The summed E-state index contributed by atoms with van der Waals surface area (Å²) in [4.78, 5) is 14.8. The van der Waals surface area contributed by atoms with E-state index in [0.717, 1.165) is 62.6 Å². The van der Waals surface area contributed by atoms with Crippen molar-refractivity contribution >= 4 is 6.03 Å². The average molecular weight is 343 g/mol. The standard InChI is InChI=1S/C18H25N5O2/c1-13(15-8-6-12-25-15)19-18(24)22-10-4-2-7-14(22)17-21-20-16-9-3-5-11-23(16)17/h6,8,12-14H,2-5,7,9-11H2,1H3,(H,19,24). The largest absolute Gasteiger partial charge is 0.467 e. The van der Waals surface area contributed by atoms with Crippen molar-refractivity contribution in [3.63, 3.8) is 0 Å². The molecule has 0 aromatic carbocycles. The molecule has 0 spiro atoms. The number of carbonyl (C=O) groups excluding carboxylic acids is 1. The van der Waals surface area contributed by atoms with Crippen LogP contribution in [0.25, 0.3) is 0 Å². The summed E-state index contributed by atoms with van der Waals surface area (Å²) in [6, 6.07) is 3.52. The number of fused-ring (bicyclic) bond motifs is 1. The van der Waals surface area contributed by atoms with E-state index in [1.165, 1.54) is 6.42 Å². The molecule has 2 amide bonds. The minimum Gasteiger partial charge on any atom is -0.467 e. The molecule has 0 bridgehead atoms. The maximum absolute atomic E-state index is 12.9. The first-order valence-electron chi connectivity index (χ1n) is 9.26. The molecule has 2 aliphatic heterocycles. The zero-order chi connectivity index (χ0) is 17.2. The first-order valence-corrected chi connectivity index (χ1v) is 9.26. The van der Waals surface area contributed by atoms with Crippen molar-refractivity contribution in [2.75, 3.05) is 6.54 Å². The Morgan fingerprint density at radius 2 is 2.16 bits per heavy atom. The van der Waals surface area contributed by atoms with Gasteiger partial charge in [-0.1, -0.05) is 0 Å². The summed E-state index contributed by atoms with van der Waals surface area (Å²) >= 11 is 0. The Hall–Kier alpha value is -2.31. The van der Waals surface area contributed by atoms with Gasteiger partial charge in [0, 0.05) is 19.5 Å². The van der Waals surface area contributed by atoms with Gasteiger partial charge in [-0.3, -0.25) is 0 Å². The van der Waals surface area contributed by atoms with Crippen LogP contribution in [0, 0.1) is 0 Å². The Kier molecular flexibility index (Phi) is 4.46. The molecule has 1 N–H and O–H groups in total. The highest BCUT2D eigenvalue weighted by molar-refractivity contribution is 5.75. The molecule has 1 saturated heterocycles. The molecular weight excluding hydrogens is 318 g/mol. The van der Waals surface area contributed by atoms with Crippen molar-refractivity contribution < 1.29 is 9.21 Å². The van der Waals surface area contributed by atoms with Gasteiger partial charge in [-0.25, -0.2) is 4.79 Å². The monoisotopic (exact) mass is 343 g/mol. The zero-order valence-corrected chi connectivity index (χ0v) is 14.6. The van der Waals surface area contributed by atoms with Gasteiger partial charge in [-0.2, -0.15) is 0 Å². The van der Waals surface area contributed by atoms with Gasteiger partial charge in [0.15, 0.2) is 5.82 Å². The van der Waals surface area contributed by atoms with Gasteiger partial charge >= 0.3 is 6.03 Å². The van der Waals surface area contributed by atoms with Crippen LogP contribution >= 0.6 is 0 Å². The molecule has 2 unspecified atom stereocenters. The lowest BCUT2D eigenvalue weighted by Gasteiger charge is -2.36. The molecule has 0 radical (unpaired) electrons. The summed E-state index contributed by atoms with van der Waals surface area (Å²) in [6.07, 6.45) is 8.04. The molecular formula is C18H25N5O2. The van der Waals surface area contributed by atoms with Gasteiger partial charge in [0.05, 0.1) is 18.3 Å². The molecule has 2 aliphatic rings. The van der Waals surface area contributed by atoms with E-state index in [1.807, 2.05) is 24.0 Å². The Morgan fingerprint density at radius 3 is 3.00 bits per heavy atom. The van der Waals surface area contributed by atoms with Crippen molar-refractivity contribution in [1.29, 1.82) is 0 Å². The van der Waals surface area contributed by atoms with Gasteiger partial charge in [-0.05, 0) is 51.2 Å². The predicted octanol–water partition coefficient (Wildman–Crippen LogP) is 3.21. The fourth-order valence-electron chi connectivity index (χ4n) is 3.90. The van der Waals surface area contributed by atoms with E-state index < -0.39 is 0 Å². The van der Waals surface area contributed by atoms with Crippen molar-refractivity contribution in [3.8, 4) is 0 Å². The maximum atomic E-state index is 12.9. The number of carbonyl (C=O) groups is 1. The van der Waals surface area contributed by atoms with Crippen LogP contribution in [0.15, 0.2) is 22.8 Å². The number of urea groups is 1. The normalized spacial score (nSPS) is 21.6. The summed E-state index contributed by atoms with van der Waals surface area (Å²) in [7, 11) is 0. The summed E-state index contributed by atoms with van der Waals surface area (Å²) < 4.78 is 7.63. The molecule has 7 heteroatoms. The highest BCUT2D eigenvalue weighted by Gasteiger charge is 2.33. The number of nitrogens with one attached hydrogen (secondary N) is 1. The lowest BCUT2D eigenvalue weighted by molar-refractivity contribution is 0.141. The Morgan fingerprint density at radius 1 is 1.28 bits per heavy atom. The molecule has 134 valence electrons. The molecule has 0 aliphatic carbocycles. The minimum atomic E-state index is -0.155. The van der Waals surface area contributed by atoms with Crippen LogP contribution in [-0.4, -0.2) is 32.2 Å². The van der Waals surface area contributed by atoms with Gasteiger partial charge in [-0.15, -0.1) is 10.2 Å². The fraction of sp³-hybridized carbons (Fsp3) is 0.611. The van der Waals surface area contributed by atoms with E-state index in [9.17, 15) is 4.79 Å². The molecule has 2 aromatic rings. The number of rotatable bonds is 3. The van der Waals surface area contributed by atoms with Crippen LogP contribution in [0.3, 0.4) is 0 Å². The van der Waals surface area contributed by atoms with Crippen LogP contribution in [0.4, 0.5) is 4.79 Å². The third kappa shape index (κ3) is 3.15. The molecule has 25 heavy (non-hydrogen) atoms. The molecule has 7 nitrogen and oxygen atoms in total. The number of hydrogen-bond acceptors (Lipinski definition) is 4. The second-order valence-electron chi connectivity index (χ2n) is 6.97. The first-order chi connectivity index (χ1) is 12.2. The quantitative estimate of drug-likeness (QED) is 0.928. The minimum absolute atomic E-state index is 0.0110. The van der Waals surface area contributed by atoms with E-state index >= 15 is 0 Å². The third-order valence-corrected chi connectivity index (χ3v) is 5.26.